The molecule has 0 fully saturated rings. The van der Waals surface area contributed by atoms with Crippen LogP contribution in [-0.2, 0) is 6.18 Å². The van der Waals surface area contributed by atoms with Crippen LogP contribution in [-0.4, -0.2) is 16.6 Å². The second-order valence-electron chi connectivity index (χ2n) is 4.61. The third kappa shape index (κ3) is 2.44. The Morgan fingerprint density at radius 3 is 2.38 bits per heavy atom. The molecule has 0 bridgehead atoms. The number of alkyl halides is 3. The smallest absolute Gasteiger partial charge is 0.388 e. The van der Waals surface area contributed by atoms with Gasteiger partial charge in [0.1, 0.15) is 6.33 Å². The fourth-order valence-corrected chi connectivity index (χ4v) is 2.18. The number of imidazole rings is 1. The van der Waals surface area contributed by atoms with E-state index in [2.05, 4.69) is 10.3 Å². The van der Waals surface area contributed by atoms with Crippen molar-refractivity contribution in [3.63, 3.8) is 0 Å². The molecule has 2 aromatic carbocycles. The quantitative estimate of drug-likeness (QED) is 0.771. The predicted molar refractivity (Wildman–Crippen MR) is 75.6 cm³/mol. The van der Waals surface area contributed by atoms with E-state index in [4.69, 9.17) is 0 Å². The average Bonchev–Trinajstić information content (AvgIpc) is 2.89. The number of hydrogen-bond acceptors (Lipinski definition) is 2. The second-order valence-corrected chi connectivity index (χ2v) is 4.61. The van der Waals surface area contributed by atoms with Crippen LogP contribution < -0.4 is 5.32 Å². The monoisotopic (exact) mass is 291 g/mol. The molecule has 21 heavy (non-hydrogen) atoms. The van der Waals surface area contributed by atoms with Crippen molar-refractivity contribution in [1.82, 2.24) is 9.55 Å². The molecule has 0 aliphatic rings. The first kappa shape index (κ1) is 13.5. The molecule has 1 N–H and O–H groups in total. The lowest BCUT2D eigenvalue weighted by atomic mass is 10.2. The summed E-state index contributed by atoms with van der Waals surface area (Å²) >= 11 is 0. The van der Waals surface area contributed by atoms with Crippen molar-refractivity contribution in [3.05, 3.63) is 54.4 Å². The Balaban J connectivity index is 2.07. The minimum absolute atomic E-state index is 0.322. The van der Waals surface area contributed by atoms with E-state index in [9.17, 15) is 13.2 Å². The Labute approximate surface area is 119 Å². The lowest BCUT2D eigenvalue weighted by molar-refractivity contribution is -0.137. The summed E-state index contributed by atoms with van der Waals surface area (Å²) in [7, 11) is 1.82. The van der Waals surface area contributed by atoms with E-state index in [1.807, 2.05) is 31.3 Å². The van der Waals surface area contributed by atoms with Crippen LogP contribution in [0.25, 0.3) is 16.7 Å². The predicted octanol–water partition coefficient (Wildman–Crippen LogP) is 4.09. The molecule has 6 heteroatoms. The summed E-state index contributed by atoms with van der Waals surface area (Å²) in [6, 6.07) is 11.1. The normalized spacial score (nSPS) is 11.8. The van der Waals surface area contributed by atoms with Gasteiger partial charge in [0.05, 0.1) is 16.6 Å². The van der Waals surface area contributed by atoms with Crippen LogP contribution in [0.5, 0.6) is 0 Å². The molecule has 108 valence electrons. The summed E-state index contributed by atoms with van der Waals surface area (Å²) in [6.45, 7) is 0. The minimum atomic E-state index is -4.35. The third-order valence-corrected chi connectivity index (χ3v) is 3.31. The Bertz CT molecular complexity index is 773. The molecule has 0 saturated heterocycles. The van der Waals surface area contributed by atoms with E-state index < -0.39 is 11.7 Å². The molecule has 0 radical (unpaired) electrons. The van der Waals surface area contributed by atoms with Gasteiger partial charge < -0.3 is 5.32 Å². The highest BCUT2D eigenvalue weighted by molar-refractivity contribution is 5.78. The summed E-state index contributed by atoms with van der Waals surface area (Å²) in [4.78, 5) is 4.06. The van der Waals surface area contributed by atoms with Gasteiger partial charge in [-0.15, -0.1) is 0 Å². The molecule has 1 heterocycles. The van der Waals surface area contributed by atoms with E-state index in [-0.39, 0.29) is 0 Å². The van der Waals surface area contributed by atoms with Crippen LogP contribution in [0.3, 0.4) is 0 Å². The van der Waals surface area contributed by atoms with Crippen LogP contribution in [0, 0.1) is 0 Å². The number of nitrogens with zero attached hydrogens (tertiary/aromatic N) is 2. The number of hydrogen-bond donors (Lipinski definition) is 1. The van der Waals surface area contributed by atoms with Crippen molar-refractivity contribution in [2.75, 3.05) is 12.4 Å². The first-order valence-corrected chi connectivity index (χ1v) is 6.31. The molecule has 1 aromatic heterocycles. The lowest BCUT2D eigenvalue weighted by Gasteiger charge is -2.08. The number of halogens is 3. The molecule has 0 spiro atoms. The fraction of sp³-hybridized carbons (Fsp3) is 0.133. The average molecular weight is 291 g/mol. The van der Waals surface area contributed by atoms with Gasteiger partial charge in [-0.1, -0.05) is 0 Å². The highest BCUT2D eigenvalue weighted by Crippen LogP contribution is 2.31. The molecule has 3 aromatic rings. The van der Waals surface area contributed by atoms with Gasteiger partial charge in [-0.05, 0) is 42.5 Å². The number of fused-ring (bicyclic) bond motifs is 1. The summed E-state index contributed by atoms with van der Waals surface area (Å²) < 4.78 is 39.8. The zero-order chi connectivity index (χ0) is 15.0. The van der Waals surface area contributed by atoms with Gasteiger partial charge in [0.25, 0.3) is 0 Å². The van der Waals surface area contributed by atoms with Crippen molar-refractivity contribution < 1.29 is 13.2 Å². The summed E-state index contributed by atoms with van der Waals surface area (Å²) in [6.07, 6.45) is -2.83. The molecule has 0 aliphatic heterocycles. The van der Waals surface area contributed by atoms with Crippen LogP contribution in [0.15, 0.2) is 48.8 Å². The fourth-order valence-electron chi connectivity index (χ4n) is 2.18. The number of aromatic nitrogens is 2. The summed E-state index contributed by atoms with van der Waals surface area (Å²) in [5, 5.41) is 3.01. The molecule has 0 unspecified atom stereocenters. The van der Waals surface area contributed by atoms with E-state index in [0.717, 1.165) is 23.5 Å². The SMILES string of the molecule is CNc1ccc(-n2cnc3cc(C(F)(F)F)ccc32)cc1. The van der Waals surface area contributed by atoms with Gasteiger partial charge in [0.2, 0.25) is 0 Å². The van der Waals surface area contributed by atoms with Crippen LogP contribution >= 0.6 is 0 Å². The Morgan fingerprint density at radius 1 is 1.05 bits per heavy atom. The van der Waals surface area contributed by atoms with Crippen molar-refractivity contribution in [3.8, 4) is 5.69 Å². The van der Waals surface area contributed by atoms with E-state index >= 15 is 0 Å². The largest absolute Gasteiger partial charge is 0.416 e. The lowest BCUT2D eigenvalue weighted by Crippen LogP contribution is -2.04. The van der Waals surface area contributed by atoms with Gasteiger partial charge in [-0.25, -0.2) is 4.98 Å². The van der Waals surface area contributed by atoms with Crippen LogP contribution in [0.4, 0.5) is 18.9 Å². The number of anilines is 1. The van der Waals surface area contributed by atoms with E-state index in [1.54, 1.807) is 4.57 Å². The molecule has 3 nitrogen and oxygen atoms in total. The van der Waals surface area contributed by atoms with Gasteiger partial charge in [-0.3, -0.25) is 4.57 Å². The van der Waals surface area contributed by atoms with Crippen molar-refractivity contribution in [1.29, 1.82) is 0 Å². The maximum absolute atomic E-state index is 12.7. The van der Waals surface area contributed by atoms with Gasteiger partial charge in [0, 0.05) is 18.4 Å². The van der Waals surface area contributed by atoms with Gasteiger partial charge in [-0.2, -0.15) is 13.2 Å². The van der Waals surface area contributed by atoms with Crippen LogP contribution in [0.1, 0.15) is 5.56 Å². The highest BCUT2D eigenvalue weighted by atomic mass is 19.4. The maximum atomic E-state index is 12.7. The first-order chi connectivity index (χ1) is 9.99. The zero-order valence-electron chi connectivity index (χ0n) is 11.1. The third-order valence-electron chi connectivity index (χ3n) is 3.31. The van der Waals surface area contributed by atoms with Gasteiger partial charge in [0.15, 0.2) is 0 Å². The Morgan fingerprint density at radius 2 is 1.76 bits per heavy atom. The second kappa shape index (κ2) is 4.80. The molecule has 0 amide bonds. The molecule has 3 rings (SSSR count). The standard InChI is InChI=1S/C15H12F3N3/c1-19-11-3-5-12(6-4-11)21-9-20-13-8-10(15(16,17)18)2-7-14(13)21/h2-9,19H,1H3. The zero-order valence-corrected chi connectivity index (χ0v) is 11.1. The highest BCUT2D eigenvalue weighted by Gasteiger charge is 2.30. The van der Waals surface area contributed by atoms with Crippen molar-refractivity contribution in [2.24, 2.45) is 0 Å². The van der Waals surface area contributed by atoms with Gasteiger partial charge >= 0.3 is 6.18 Å². The first-order valence-electron chi connectivity index (χ1n) is 6.31. The van der Waals surface area contributed by atoms with Crippen molar-refractivity contribution in [2.45, 2.75) is 6.18 Å². The molecular weight excluding hydrogens is 279 g/mol. The molecule has 0 saturated carbocycles. The van der Waals surface area contributed by atoms with Crippen LogP contribution in [0.2, 0.25) is 0 Å². The Kier molecular flexibility index (Phi) is 3.08. The summed E-state index contributed by atoms with van der Waals surface area (Å²) in [5.41, 5.74) is 2.08. The number of benzene rings is 2. The maximum Gasteiger partial charge on any atom is 0.416 e. The minimum Gasteiger partial charge on any atom is -0.388 e. The van der Waals surface area contributed by atoms with E-state index in [0.29, 0.717) is 11.0 Å². The summed E-state index contributed by atoms with van der Waals surface area (Å²) in [5.74, 6) is 0. The van der Waals surface area contributed by atoms with E-state index in [1.165, 1.54) is 12.4 Å². The number of rotatable bonds is 2. The molecule has 0 aliphatic carbocycles. The topological polar surface area (TPSA) is 29.9 Å². The molecule has 0 atom stereocenters. The Hall–Kier alpha value is -2.50. The van der Waals surface area contributed by atoms with Crippen molar-refractivity contribution >= 4 is 16.7 Å². The number of nitrogens with one attached hydrogen (secondary N) is 1. The molecular formula is C15H12F3N3.